The third kappa shape index (κ3) is 6.73. The number of aromatic nitrogens is 3. The maximum absolute atomic E-state index is 12.4. The Kier molecular flexibility index (Phi) is 8.30. The number of carbonyl (C=O) groups excluding carboxylic acids is 1. The quantitative estimate of drug-likeness (QED) is 0.279. The number of hydrogen-bond acceptors (Lipinski definition) is 5. The number of amides is 1. The Bertz CT molecular complexity index is 1620. The lowest BCUT2D eigenvalue weighted by Crippen LogP contribution is -2.21. The van der Waals surface area contributed by atoms with Gasteiger partial charge in [0.1, 0.15) is 6.07 Å². The van der Waals surface area contributed by atoms with Crippen LogP contribution < -0.4 is 10.6 Å². The van der Waals surface area contributed by atoms with Crippen molar-refractivity contribution in [3.63, 3.8) is 0 Å². The summed E-state index contributed by atoms with van der Waals surface area (Å²) in [6, 6.07) is 13.2. The van der Waals surface area contributed by atoms with E-state index in [1.54, 1.807) is 16.7 Å². The molecule has 3 aromatic rings. The number of carbonyl (C=O) groups is 1. The largest absolute Gasteiger partial charge is 0.326 e. The molecule has 0 fully saturated rings. The van der Waals surface area contributed by atoms with Crippen molar-refractivity contribution in [1.29, 1.82) is 5.26 Å². The summed E-state index contributed by atoms with van der Waals surface area (Å²) in [5.74, 6) is 0.288. The van der Waals surface area contributed by atoms with Crippen LogP contribution in [-0.4, -0.2) is 20.5 Å². The molecule has 1 amide bonds. The van der Waals surface area contributed by atoms with Gasteiger partial charge in [0.25, 0.3) is 0 Å². The van der Waals surface area contributed by atoms with Gasteiger partial charge in [-0.2, -0.15) is 10.2 Å². The summed E-state index contributed by atoms with van der Waals surface area (Å²) in [6.45, 7) is 7.93. The maximum atomic E-state index is 12.4. The standard InChI is InChI=1S/C31H28N6O/c1-4-22(2)15-16-23(3)19-30(38)33-27-12-7-10-24(11-8-13-27)26-17-18-29-35-31(36-37(29)21-26)34-28-14-6-5-9-25(28)20-32/h4-9,12-18,21H,3,10,19H2,1-2H3,(H,33,38)(H,34,36). The minimum absolute atomic E-state index is 0.120. The summed E-state index contributed by atoms with van der Waals surface area (Å²) in [5.41, 5.74) is 9.65. The molecule has 0 atom stereocenters. The predicted molar refractivity (Wildman–Crippen MR) is 151 cm³/mol. The van der Waals surface area contributed by atoms with Gasteiger partial charge in [-0.1, -0.05) is 48.6 Å². The van der Waals surface area contributed by atoms with E-state index in [0.717, 1.165) is 22.3 Å². The molecule has 0 spiro atoms. The van der Waals surface area contributed by atoms with Crippen LogP contribution in [0.25, 0.3) is 11.2 Å². The van der Waals surface area contributed by atoms with Gasteiger partial charge in [0.2, 0.25) is 11.9 Å². The molecule has 0 saturated heterocycles. The van der Waals surface area contributed by atoms with Crippen LogP contribution in [0.5, 0.6) is 0 Å². The van der Waals surface area contributed by atoms with Crippen molar-refractivity contribution in [2.45, 2.75) is 26.7 Å². The van der Waals surface area contributed by atoms with Crippen LogP contribution in [0, 0.1) is 11.3 Å². The second-order valence-electron chi connectivity index (χ2n) is 8.71. The van der Waals surface area contributed by atoms with E-state index >= 15 is 0 Å². The average Bonchev–Trinajstić information content (AvgIpc) is 3.30. The number of nitrogens with zero attached hydrogens (tertiary/aromatic N) is 4. The van der Waals surface area contributed by atoms with E-state index in [1.165, 1.54) is 0 Å². The van der Waals surface area contributed by atoms with Crippen molar-refractivity contribution in [3.05, 3.63) is 125 Å². The molecule has 7 heteroatoms. The van der Waals surface area contributed by atoms with Gasteiger partial charge >= 0.3 is 0 Å². The summed E-state index contributed by atoms with van der Waals surface area (Å²) in [4.78, 5) is 16.9. The molecule has 0 saturated carbocycles. The zero-order valence-corrected chi connectivity index (χ0v) is 21.4. The highest BCUT2D eigenvalue weighted by Gasteiger charge is 2.10. The molecule has 1 aromatic carbocycles. The Labute approximate surface area is 222 Å². The van der Waals surface area contributed by atoms with E-state index in [2.05, 4.69) is 39.1 Å². The Morgan fingerprint density at radius 2 is 2.11 bits per heavy atom. The summed E-state index contributed by atoms with van der Waals surface area (Å²) in [7, 11) is 0. The topological polar surface area (TPSA) is 95.1 Å². The number of benzene rings is 1. The van der Waals surface area contributed by atoms with E-state index in [9.17, 15) is 10.1 Å². The molecule has 38 heavy (non-hydrogen) atoms. The minimum Gasteiger partial charge on any atom is -0.326 e. The van der Waals surface area contributed by atoms with Crippen LogP contribution in [-0.2, 0) is 4.79 Å². The van der Waals surface area contributed by atoms with Gasteiger partial charge in [0.05, 0.1) is 17.7 Å². The molecule has 0 bridgehead atoms. The minimum atomic E-state index is -0.120. The molecule has 7 nitrogen and oxygen atoms in total. The van der Waals surface area contributed by atoms with E-state index in [1.807, 2.05) is 86.8 Å². The zero-order chi connectivity index (χ0) is 26.9. The fraction of sp³-hybridized carbons (Fsp3) is 0.129. The highest BCUT2D eigenvalue weighted by atomic mass is 16.1. The van der Waals surface area contributed by atoms with Crippen molar-refractivity contribution in [3.8, 4) is 6.07 Å². The fourth-order valence-corrected chi connectivity index (χ4v) is 3.68. The molecule has 1 aliphatic carbocycles. The molecule has 0 unspecified atom stereocenters. The predicted octanol–water partition coefficient (Wildman–Crippen LogP) is 6.31. The van der Waals surface area contributed by atoms with Crippen LogP contribution >= 0.6 is 0 Å². The maximum Gasteiger partial charge on any atom is 0.247 e. The number of para-hydroxylation sites is 1. The van der Waals surface area contributed by atoms with E-state index in [0.29, 0.717) is 35.0 Å². The first-order chi connectivity index (χ1) is 18.4. The normalized spacial score (nSPS) is 13.4. The molecule has 4 rings (SSSR count). The van der Waals surface area contributed by atoms with Crippen LogP contribution in [0.3, 0.4) is 0 Å². The fourth-order valence-electron chi connectivity index (χ4n) is 3.68. The van der Waals surface area contributed by atoms with Gasteiger partial charge in [-0.25, -0.2) is 4.52 Å². The van der Waals surface area contributed by atoms with Gasteiger partial charge in [0.15, 0.2) is 5.65 Å². The first kappa shape index (κ1) is 25.9. The number of hydrogen-bond donors (Lipinski definition) is 2. The molecule has 0 radical (unpaired) electrons. The molecule has 0 aliphatic heterocycles. The number of nitrogens with one attached hydrogen (secondary N) is 2. The number of anilines is 2. The third-order valence-electron chi connectivity index (χ3n) is 5.82. The van der Waals surface area contributed by atoms with E-state index < -0.39 is 0 Å². The SMILES string of the molecule is C=C(C=CC(C)=CC)CC(=O)NC1=CC=C=C(c2ccc3nc(Nc4ccccc4C#N)nn3c2)CC=C1. The van der Waals surface area contributed by atoms with E-state index in [4.69, 9.17) is 0 Å². The molecule has 2 heterocycles. The molecule has 1 aliphatic rings. The second-order valence-corrected chi connectivity index (χ2v) is 8.71. The Hall–Kier alpha value is -5.18. The number of pyridine rings is 1. The monoisotopic (exact) mass is 500 g/mol. The van der Waals surface area contributed by atoms with Gasteiger partial charge in [0, 0.05) is 23.0 Å². The van der Waals surface area contributed by atoms with Gasteiger partial charge in [-0.3, -0.25) is 4.79 Å². The van der Waals surface area contributed by atoms with Crippen LogP contribution in [0.2, 0.25) is 0 Å². The number of fused-ring (bicyclic) bond motifs is 1. The highest BCUT2D eigenvalue weighted by Crippen LogP contribution is 2.22. The summed E-state index contributed by atoms with van der Waals surface area (Å²) in [5, 5.41) is 19.9. The Balaban J connectivity index is 1.46. The van der Waals surface area contributed by atoms with Gasteiger partial charge < -0.3 is 10.6 Å². The van der Waals surface area contributed by atoms with Crippen molar-refractivity contribution < 1.29 is 4.79 Å². The number of allylic oxidation sites excluding steroid dienone is 8. The molecular formula is C31H28N6O. The lowest BCUT2D eigenvalue weighted by atomic mass is 10.0. The first-order valence-electron chi connectivity index (χ1n) is 12.2. The molecule has 2 aromatic heterocycles. The van der Waals surface area contributed by atoms with Gasteiger partial charge in [-0.15, -0.1) is 10.8 Å². The van der Waals surface area contributed by atoms with Crippen molar-refractivity contribution in [2.24, 2.45) is 0 Å². The van der Waals surface area contributed by atoms with Crippen molar-refractivity contribution in [1.82, 2.24) is 19.9 Å². The van der Waals surface area contributed by atoms with Crippen molar-refractivity contribution in [2.75, 3.05) is 5.32 Å². The van der Waals surface area contributed by atoms with Crippen LogP contribution in [0.4, 0.5) is 11.6 Å². The van der Waals surface area contributed by atoms with E-state index in [-0.39, 0.29) is 12.3 Å². The van der Waals surface area contributed by atoms with Crippen molar-refractivity contribution >= 4 is 28.8 Å². The lowest BCUT2D eigenvalue weighted by Gasteiger charge is -2.08. The molecule has 188 valence electrons. The summed E-state index contributed by atoms with van der Waals surface area (Å²) < 4.78 is 1.70. The smallest absolute Gasteiger partial charge is 0.247 e. The molecule has 2 N–H and O–H groups in total. The van der Waals surface area contributed by atoms with Crippen LogP contribution in [0.15, 0.2) is 114 Å². The summed E-state index contributed by atoms with van der Waals surface area (Å²) >= 11 is 0. The van der Waals surface area contributed by atoms with Crippen LogP contribution in [0.1, 0.15) is 37.8 Å². The second kappa shape index (κ2) is 12.2. The lowest BCUT2D eigenvalue weighted by molar-refractivity contribution is -0.119. The number of nitriles is 1. The highest BCUT2D eigenvalue weighted by molar-refractivity contribution is 5.81. The third-order valence-corrected chi connectivity index (χ3v) is 5.82. The Morgan fingerprint density at radius 3 is 2.92 bits per heavy atom. The Morgan fingerprint density at radius 1 is 1.26 bits per heavy atom. The first-order valence-corrected chi connectivity index (χ1v) is 12.2. The van der Waals surface area contributed by atoms with Gasteiger partial charge in [-0.05, 0) is 68.3 Å². The summed E-state index contributed by atoms with van der Waals surface area (Å²) in [6.07, 6.45) is 16.1. The number of rotatable bonds is 8. The zero-order valence-electron chi connectivity index (χ0n) is 21.4. The molecular weight excluding hydrogens is 472 g/mol. The average molecular weight is 501 g/mol.